The molecule has 3 aromatic rings. The fourth-order valence-corrected chi connectivity index (χ4v) is 3.23. The summed E-state index contributed by atoms with van der Waals surface area (Å²) in [5.74, 6) is -1.03. The van der Waals surface area contributed by atoms with Crippen molar-refractivity contribution in [2.45, 2.75) is 6.42 Å². The summed E-state index contributed by atoms with van der Waals surface area (Å²) in [4.78, 5) is 25.0. The van der Waals surface area contributed by atoms with Crippen molar-refractivity contribution in [2.75, 3.05) is 0 Å². The molecular weight excluding hydrogens is 324 g/mol. The quantitative estimate of drug-likeness (QED) is 0.300. The van der Waals surface area contributed by atoms with Gasteiger partial charge < -0.3 is 4.74 Å². The number of esters is 1. The third-order valence-corrected chi connectivity index (χ3v) is 4.60. The summed E-state index contributed by atoms with van der Waals surface area (Å²) >= 11 is 5.86. The van der Waals surface area contributed by atoms with Crippen molar-refractivity contribution in [1.82, 2.24) is 0 Å². The number of hydrogen-bond acceptors (Lipinski definition) is 3. The maximum absolute atomic E-state index is 12.7. The molecule has 1 unspecified atom stereocenters. The lowest BCUT2D eigenvalue weighted by molar-refractivity contribution is -0.138. The van der Waals surface area contributed by atoms with Gasteiger partial charge in [0.15, 0.2) is 5.78 Å². The molecule has 0 amide bonds. The van der Waals surface area contributed by atoms with E-state index < -0.39 is 11.9 Å². The van der Waals surface area contributed by atoms with Gasteiger partial charge in [-0.2, -0.15) is 0 Å². The molecule has 0 bridgehead atoms. The third-order valence-electron chi connectivity index (χ3n) is 4.35. The van der Waals surface area contributed by atoms with Crippen LogP contribution in [-0.2, 0) is 11.2 Å². The number of ketones is 1. The average Bonchev–Trinajstić information content (AvgIpc) is 2.61. The summed E-state index contributed by atoms with van der Waals surface area (Å²) in [5, 5.41) is 2.62. The Labute approximate surface area is 143 Å². The number of fused-ring (bicyclic) bond motifs is 3. The summed E-state index contributed by atoms with van der Waals surface area (Å²) < 4.78 is 5.43. The molecule has 0 fully saturated rings. The first-order valence-corrected chi connectivity index (χ1v) is 8.03. The van der Waals surface area contributed by atoms with Crippen LogP contribution in [0.3, 0.4) is 0 Å². The standard InChI is InChI=1S/C20H13ClO3/c21-14-8-5-13(6-9-14)19(22)17-11-16-15-4-2-1-3-12(15)7-10-18(16)24-20(17)23/h1-10,17H,11H2. The second-order valence-corrected chi connectivity index (χ2v) is 6.25. The lowest BCUT2D eigenvalue weighted by atomic mass is 9.87. The molecule has 3 aromatic carbocycles. The first-order valence-electron chi connectivity index (χ1n) is 7.65. The number of carbonyl (C=O) groups is 2. The number of hydrogen-bond donors (Lipinski definition) is 0. The van der Waals surface area contributed by atoms with Crippen LogP contribution < -0.4 is 4.74 Å². The molecule has 0 saturated heterocycles. The zero-order valence-corrected chi connectivity index (χ0v) is 13.4. The molecule has 1 aliphatic rings. The normalized spacial score (nSPS) is 16.5. The number of halogens is 1. The molecule has 0 aliphatic carbocycles. The molecule has 4 heteroatoms. The van der Waals surface area contributed by atoms with Gasteiger partial charge in [0.1, 0.15) is 11.7 Å². The highest BCUT2D eigenvalue weighted by molar-refractivity contribution is 6.30. The SMILES string of the molecule is O=C1Oc2ccc3ccccc3c2CC1C(=O)c1ccc(Cl)cc1. The highest BCUT2D eigenvalue weighted by Crippen LogP contribution is 2.35. The van der Waals surface area contributed by atoms with Crippen LogP contribution in [0.5, 0.6) is 5.75 Å². The Morgan fingerprint density at radius 2 is 1.75 bits per heavy atom. The van der Waals surface area contributed by atoms with Gasteiger partial charge in [0.25, 0.3) is 0 Å². The van der Waals surface area contributed by atoms with Crippen molar-refractivity contribution >= 4 is 34.1 Å². The monoisotopic (exact) mass is 336 g/mol. The number of carbonyl (C=O) groups excluding carboxylic acids is 2. The molecule has 0 radical (unpaired) electrons. The average molecular weight is 337 g/mol. The van der Waals surface area contributed by atoms with Crippen molar-refractivity contribution in [2.24, 2.45) is 5.92 Å². The predicted molar refractivity (Wildman–Crippen MR) is 92.6 cm³/mol. The van der Waals surface area contributed by atoms with Crippen molar-refractivity contribution in [3.63, 3.8) is 0 Å². The van der Waals surface area contributed by atoms with E-state index in [9.17, 15) is 9.59 Å². The fraction of sp³-hybridized carbons (Fsp3) is 0.100. The van der Waals surface area contributed by atoms with E-state index in [1.54, 1.807) is 30.3 Å². The van der Waals surface area contributed by atoms with Gasteiger partial charge in [-0.1, -0.05) is 41.9 Å². The van der Waals surface area contributed by atoms with E-state index in [-0.39, 0.29) is 5.78 Å². The van der Waals surface area contributed by atoms with E-state index in [1.165, 1.54) is 0 Å². The molecular formula is C20H13ClO3. The maximum Gasteiger partial charge on any atom is 0.322 e. The van der Waals surface area contributed by atoms with E-state index in [1.807, 2.05) is 30.3 Å². The van der Waals surface area contributed by atoms with E-state index >= 15 is 0 Å². The molecule has 0 spiro atoms. The van der Waals surface area contributed by atoms with Crippen LogP contribution in [0.1, 0.15) is 15.9 Å². The van der Waals surface area contributed by atoms with E-state index in [0.717, 1.165) is 16.3 Å². The Morgan fingerprint density at radius 1 is 1.00 bits per heavy atom. The molecule has 0 saturated carbocycles. The number of rotatable bonds is 2. The van der Waals surface area contributed by atoms with Gasteiger partial charge in [-0.25, -0.2) is 0 Å². The molecule has 1 atom stereocenters. The minimum absolute atomic E-state index is 0.241. The van der Waals surface area contributed by atoms with Crippen LogP contribution in [0.15, 0.2) is 60.7 Å². The molecule has 1 aliphatic heterocycles. The second-order valence-electron chi connectivity index (χ2n) is 5.81. The molecule has 0 aromatic heterocycles. The lowest BCUT2D eigenvalue weighted by Gasteiger charge is -2.24. The minimum Gasteiger partial charge on any atom is -0.426 e. The first-order chi connectivity index (χ1) is 11.6. The highest BCUT2D eigenvalue weighted by Gasteiger charge is 2.35. The lowest BCUT2D eigenvalue weighted by Crippen LogP contribution is -2.34. The van der Waals surface area contributed by atoms with Gasteiger partial charge >= 0.3 is 5.97 Å². The summed E-state index contributed by atoms with van der Waals surface area (Å²) in [6.07, 6.45) is 0.344. The second kappa shape index (κ2) is 5.77. The summed E-state index contributed by atoms with van der Waals surface area (Å²) in [7, 11) is 0. The largest absolute Gasteiger partial charge is 0.426 e. The molecule has 3 nitrogen and oxygen atoms in total. The van der Waals surface area contributed by atoms with Gasteiger partial charge in [-0.15, -0.1) is 0 Å². The Hall–Kier alpha value is -2.65. The van der Waals surface area contributed by atoms with E-state index in [0.29, 0.717) is 22.8 Å². The Kier molecular flexibility index (Phi) is 3.58. The Morgan fingerprint density at radius 3 is 2.54 bits per heavy atom. The highest BCUT2D eigenvalue weighted by atomic mass is 35.5. The van der Waals surface area contributed by atoms with Gasteiger partial charge in [-0.3, -0.25) is 9.59 Å². The van der Waals surface area contributed by atoms with E-state index in [2.05, 4.69) is 0 Å². The molecule has 0 N–H and O–H groups in total. The third kappa shape index (κ3) is 2.47. The van der Waals surface area contributed by atoms with Crippen LogP contribution in [0.4, 0.5) is 0 Å². The van der Waals surface area contributed by atoms with Gasteiger partial charge in [0.05, 0.1) is 0 Å². The maximum atomic E-state index is 12.7. The zero-order chi connectivity index (χ0) is 16.7. The van der Waals surface area contributed by atoms with E-state index in [4.69, 9.17) is 16.3 Å². The zero-order valence-electron chi connectivity index (χ0n) is 12.7. The fourth-order valence-electron chi connectivity index (χ4n) is 3.10. The smallest absolute Gasteiger partial charge is 0.322 e. The summed E-state index contributed by atoms with van der Waals surface area (Å²) in [5.41, 5.74) is 1.37. The number of ether oxygens (including phenoxy) is 1. The van der Waals surface area contributed by atoms with Gasteiger partial charge in [0, 0.05) is 16.1 Å². The summed E-state index contributed by atoms with van der Waals surface area (Å²) in [6.45, 7) is 0. The van der Waals surface area contributed by atoms with Crippen molar-refractivity contribution in [3.8, 4) is 5.75 Å². The van der Waals surface area contributed by atoms with Crippen LogP contribution >= 0.6 is 11.6 Å². The minimum atomic E-state index is -0.829. The topological polar surface area (TPSA) is 43.4 Å². The van der Waals surface area contributed by atoms with Crippen LogP contribution in [0.2, 0.25) is 5.02 Å². The summed E-state index contributed by atoms with van der Waals surface area (Å²) in [6, 6.07) is 18.2. The Bertz CT molecular complexity index is 960. The van der Waals surface area contributed by atoms with Crippen molar-refractivity contribution in [3.05, 3.63) is 76.8 Å². The molecule has 118 valence electrons. The van der Waals surface area contributed by atoms with Crippen LogP contribution in [0, 0.1) is 5.92 Å². The Balaban J connectivity index is 1.75. The predicted octanol–water partition coefficient (Wildman–Crippen LogP) is 4.45. The first kappa shape index (κ1) is 14.9. The number of Topliss-reactive ketones (excluding diaryl/α,β-unsaturated/α-hetero) is 1. The van der Waals surface area contributed by atoms with Crippen LogP contribution in [-0.4, -0.2) is 11.8 Å². The van der Waals surface area contributed by atoms with Gasteiger partial charge in [0.2, 0.25) is 0 Å². The molecule has 1 heterocycles. The molecule has 4 rings (SSSR count). The van der Waals surface area contributed by atoms with Gasteiger partial charge in [-0.05, 0) is 47.5 Å². The van der Waals surface area contributed by atoms with Crippen molar-refractivity contribution in [1.29, 1.82) is 0 Å². The number of benzene rings is 3. The van der Waals surface area contributed by atoms with Crippen molar-refractivity contribution < 1.29 is 14.3 Å². The van der Waals surface area contributed by atoms with Crippen LogP contribution in [0.25, 0.3) is 10.8 Å². The molecule has 24 heavy (non-hydrogen) atoms.